The second-order valence-electron chi connectivity index (χ2n) is 4.91. The van der Waals surface area contributed by atoms with Gasteiger partial charge in [-0.25, -0.2) is 0 Å². The standard InChI is InChI=1S/C13H25NS/c1-4-12-5-7-13(8-6-12)14(3)9-11(2)10-15/h12-13,15H,2,4-10H2,1,3H3. The molecule has 1 fully saturated rings. The number of nitrogens with zero attached hydrogens (tertiary/aromatic N) is 1. The summed E-state index contributed by atoms with van der Waals surface area (Å²) in [6.45, 7) is 7.36. The molecule has 88 valence electrons. The van der Waals surface area contributed by atoms with E-state index in [0.717, 1.165) is 24.3 Å². The van der Waals surface area contributed by atoms with Crippen molar-refractivity contribution in [1.29, 1.82) is 0 Å². The molecule has 0 aromatic carbocycles. The molecule has 1 aliphatic carbocycles. The van der Waals surface area contributed by atoms with Crippen molar-refractivity contribution in [3.63, 3.8) is 0 Å². The van der Waals surface area contributed by atoms with Crippen LogP contribution in [0.15, 0.2) is 12.2 Å². The molecule has 0 unspecified atom stereocenters. The maximum absolute atomic E-state index is 4.26. The maximum Gasteiger partial charge on any atom is 0.0198 e. The minimum absolute atomic E-state index is 0.782. The van der Waals surface area contributed by atoms with E-state index < -0.39 is 0 Å². The molecule has 1 saturated carbocycles. The molecule has 0 radical (unpaired) electrons. The van der Waals surface area contributed by atoms with Crippen LogP contribution in [0.4, 0.5) is 0 Å². The summed E-state index contributed by atoms with van der Waals surface area (Å²) in [4.78, 5) is 2.46. The SMILES string of the molecule is C=C(CS)CN(C)C1CCC(CC)CC1. The van der Waals surface area contributed by atoms with Gasteiger partial charge < -0.3 is 0 Å². The molecule has 0 saturated heterocycles. The van der Waals surface area contributed by atoms with E-state index in [2.05, 4.69) is 38.1 Å². The van der Waals surface area contributed by atoms with Gasteiger partial charge in [0.15, 0.2) is 0 Å². The number of hydrogen-bond acceptors (Lipinski definition) is 2. The monoisotopic (exact) mass is 227 g/mol. The smallest absolute Gasteiger partial charge is 0.0198 e. The molecular formula is C13H25NS. The van der Waals surface area contributed by atoms with E-state index in [4.69, 9.17) is 0 Å². The van der Waals surface area contributed by atoms with E-state index in [1.54, 1.807) is 0 Å². The number of thiol groups is 1. The van der Waals surface area contributed by atoms with Gasteiger partial charge in [-0.1, -0.05) is 25.5 Å². The van der Waals surface area contributed by atoms with Gasteiger partial charge in [0, 0.05) is 18.3 Å². The predicted molar refractivity (Wildman–Crippen MR) is 71.7 cm³/mol. The van der Waals surface area contributed by atoms with Crippen molar-refractivity contribution in [1.82, 2.24) is 4.90 Å². The molecule has 1 rings (SSSR count). The highest BCUT2D eigenvalue weighted by Crippen LogP contribution is 2.29. The van der Waals surface area contributed by atoms with E-state index in [-0.39, 0.29) is 0 Å². The Morgan fingerprint density at radius 2 is 1.93 bits per heavy atom. The second-order valence-corrected chi connectivity index (χ2v) is 5.22. The van der Waals surface area contributed by atoms with Crippen LogP contribution in [0.1, 0.15) is 39.0 Å². The lowest BCUT2D eigenvalue weighted by atomic mass is 9.84. The molecule has 0 aromatic rings. The first-order valence-corrected chi connectivity index (χ1v) is 6.78. The number of hydrogen-bond donors (Lipinski definition) is 1. The Labute approximate surface area is 100 Å². The second kappa shape index (κ2) is 6.59. The molecule has 0 aliphatic heterocycles. The Morgan fingerprint density at radius 1 is 1.33 bits per heavy atom. The molecule has 0 N–H and O–H groups in total. The molecule has 0 aromatic heterocycles. The Hall–Kier alpha value is 0.0500. The molecule has 0 heterocycles. The third-order valence-electron chi connectivity index (χ3n) is 3.71. The molecule has 2 heteroatoms. The molecule has 1 nitrogen and oxygen atoms in total. The van der Waals surface area contributed by atoms with Crippen LogP contribution in [0.5, 0.6) is 0 Å². The molecule has 1 aliphatic rings. The van der Waals surface area contributed by atoms with Gasteiger partial charge in [0.25, 0.3) is 0 Å². The average Bonchev–Trinajstić information content (AvgIpc) is 2.29. The zero-order chi connectivity index (χ0) is 11.3. The van der Waals surface area contributed by atoms with Crippen LogP contribution < -0.4 is 0 Å². The van der Waals surface area contributed by atoms with Crippen LogP contribution in [0.3, 0.4) is 0 Å². The lowest BCUT2D eigenvalue weighted by Crippen LogP contribution is -2.36. The summed E-state index contributed by atoms with van der Waals surface area (Å²) in [7, 11) is 2.23. The quantitative estimate of drug-likeness (QED) is 0.557. The van der Waals surface area contributed by atoms with Crippen molar-refractivity contribution in [3.8, 4) is 0 Å². The van der Waals surface area contributed by atoms with Gasteiger partial charge >= 0.3 is 0 Å². The van der Waals surface area contributed by atoms with Gasteiger partial charge in [-0.3, -0.25) is 4.90 Å². The highest BCUT2D eigenvalue weighted by molar-refractivity contribution is 7.80. The Kier molecular flexibility index (Phi) is 5.77. The molecule has 0 spiro atoms. The molecule has 15 heavy (non-hydrogen) atoms. The zero-order valence-corrected chi connectivity index (χ0v) is 11.1. The van der Waals surface area contributed by atoms with Gasteiger partial charge in [0.1, 0.15) is 0 Å². The van der Waals surface area contributed by atoms with Gasteiger partial charge in [-0.2, -0.15) is 12.6 Å². The fourth-order valence-corrected chi connectivity index (χ4v) is 2.63. The normalized spacial score (nSPS) is 26.9. The minimum Gasteiger partial charge on any atom is -0.299 e. The van der Waals surface area contributed by atoms with Crippen LogP contribution in [0.25, 0.3) is 0 Å². The van der Waals surface area contributed by atoms with Crippen molar-refractivity contribution < 1.29 is 0 Å². The van der Waals surface area contributed by atoms with Crippen molar-refractivity contribution in [2.24, 2.45) is 5.92 Å². The first-order valence-electron chi connectivity index (χ1n) is 6.15. The van der Waals surface area contributed by atoms with Gasteiger partial charge in [-0.05, 0) is 38.6 Å². The lowest BCUT2D eigenvalue weighted by Gasteiger charge is -2.34. The Balaban J connectivity index is 2.29. The Bertz CT molecular complexity index is 195. The van der Waals surface area contributed by atoms with Crippen molar-refractivity contribution >= 4 is 12.6 Å². The summed E-state index contributed by atoms with van der Waals surface area (Å²) in [5.41, 5.74) is 1.23. The van der Waals surface area contributed by atoms with Gasteiger partial charge in [0.05, 0.1) is 0 Å². The van der Waals surface area contributed by atoms with E-state index in [1.807, 2.05) is 0 Å². The highest BCUT2D eigenvalue weighted by atomic mass is 32.1. The van der Waals surface area contributed by atoms with Crippen LogP contribution in [-0.2, 0) is 0 Å². The fourth-order valence-electron chi connectivity index (χ4n) is 2.53. The molecule has 0 bridgehead atoms. The van der Waals surface area contributed by atoms with Crippen LogP contribution in [0, 0.1) is 5.92 Å². The number of rotatable bonds is 5. The van der Waals surface area contributed by atoms with Crippen LogP contribution in [-0.4, -0.2) is 30.3 Å². The summed E-state index contributed by atoms with van der Waals surface area (Å²) in [5, 5.41) is 0. The summed E-state index contributed by atoms with van der Waals surface area (Å²) in [6.07, 6.45) is 6.93. The predicted octanol–water partition coefficient (Wildman–Crippen LogP) is 3.37. The lowest BCUT2D eigenvalue weighted by molar-refractivity contribution is 0.174. The first-order chi connectivity index (χ1) is 7.17. The first kappa shape index (κ1) is 13.1. The Morgan fingerprint density at radius 3 is 2.40 bits per heavy atom. The average molecular weight is 227 g/mol. The summed E-state index contributed by atoms with van der Waals surface area (Å²) >= 11 is 4.26. The van der Waals surface area contributed by atoms with Crippen molar-refractivity contribution in [2.75, 3.05) is 19.3 Å². The third kappa shape index (κ3) is 4.20. The van der Waals surface area contributed by atoms with Crippen molar-refractivity contribution in [3.05, 3.63) is 12.2 Å². The summed E-state index contributed by atoms with van der Waals surface area (Å²) in [5.74, 6) is 1.80. The third-order valence-corrected chi connectivity index (χ3v) is 4.16. The van der Waals surface area contributed by atoms with E-state index in [1.165, 1.54) is 37.7 Å². The largest absolute Gasteiger partial charge is 0.299 e. The van der Waals surface area contributed by atoms with Crippen LogP contribution in [0.2, 0.25) is 0 Å². The fraction of sp³-hybridized carbons (Fsp3) is 0.846. The molecule has 0 amide bonds. The molecular weight excluding hydrogens is 202 g/mol. The van der Waals surface area contributed by atoms with Crippen LogP contribution >= 0.6 is 12.6 Å². The van der Waals surface area contributed by atoms with E-state index in [9.17, 15) is 0 Å². The van der Waals surface area contributed by atoms with Gasteiger partial charge in [0.2, 0.25) is 0 Å². The number of likely N-dealkylation sites (N-methyl/N-ethyl adjacent to an activating group) is 1. The minimum atomic E-state index is 0.782. The molecule has 0 atom stereocenters. The zero-order valence-electron chi connectivity index (χ0n) is 10.2. The van der Waals surface area contributed by atoms with Crippen molar-refractivity contribution in [2.45, 2.75) is 45.1 Å². The summed E-state index contributed by atoms with van der Waals surface area (Å²) < 4.78 is 0. The summed E-state index contributed by atoms with van der Waals surface area (Å²) in [6, 6.07) is 0.782. The van der Waals surface area contributed by atoms with E-state index in [0.29, 0.717) is 0 Å². The maximum atomic E-state index is 4.26. The highest BCUT2D eigenvalue weighted by Gasteiger charge is 2.22. The topological polar surface area (TPSA) is 3.24 Å². The van der Waals surface area contributed by atoms with E-state index >= 15 is 0 Å². The van der Waals surface area contributed by atoms with Gasteiger partial charge in [-0.15, -0.1) is 0 Å².